The van der Waals surface area contributed by atoms with Crippen LogP contribution < -0.4 is 9.96 Å². The van der Waals surface area contributed by atoms with Gasteiger partial charge in [-0.2, -0.15) is 0 Å². The quantitative estimate of drug-likeness (QED) is 0.809. The van der Waals surface area contributed by atoms with E-state index in [2.05, 4.69) is 27.7 Å². The third-order valence-corrected chi connectivity index (χ3v) is 2.55. The van der Waals surface area contributed by atoms with Crippen molar-refractivity contribution in [3.8, 4) is 5.75 Å². The van der Waals surface area contributed by atoms with E-state index < -0.39 is 0 Å². The largest absolute Gasteiger partial charge is 0.733 e. The molecule has 1 rings (SSSR count). The van der Waals surface area contributed by atoms with Crippen LogP contribution in [0.4, 0.5) is 5.69 Å². The van der Waals surface area contributed by atoms with Crippen LogP contribution in [0.25, 0.3) is 0 Å². The molecular formula is C14H22NO3-. The Bertz CT molecular complexity index is 354. The van der Waals surface area contributed by atoms with Crippen molar-refractivity contribution in [3.05, 3.63) is 29.5 Å². The summed E-state index contributed by atoms with van der Waals surface area (Å²) < 4.78 is 5.65. The normalized spacial score (nSPS) is 13.2. The number of benzene rings is 1. The first-order valence-electron chi connectivity index (χ1n) is 6.17. The molecule has 0 spiro atoms. The average Bonchev–Trinajstić information content (AvgIpc) is 2.24. The summed E-state index contributed by atoms with van der Waals surface area (Å²) in [6.07, 6.45) is 1.09. The molecule has 0 heterocycles. The predicted molar refractivity (Wildman–Crippen MR) is 72.8 cm³/mol. The standard InChI is InChI=1S/C14H22NO3/c1-11(9-14(2,3)4)10-18-13-7-5-12(6-8-13)15(16)17/h5-8,11,16H,9-10H2,1-4H3/q-1/t11-/m1/s1. The van der Waals surface area contributed by atoms with Crippen molar-refractivity contribution < 1.29 is 9.94 Å². The fraction of sp³-hybridized carbons (Fsp3) is 0.571. The van der Waals surface area contributed by atoms with E-state index in [4.69, 9.17) is 9.94 Å². The van der Waals surface area contributed by atoms with Crippen molar-refractivity contribution in [2.45, 2.75) is 34.1 Å². The Hall–Kier alpha value is -1.26. The first kappa shape index (κ1) is 14.8. The zero-order valence-electron chi connectivity index (χ0n) is 11.5. The van der Waals surface area contributed by atoms with Crippen LogP contribution in [-0.4, -0.2) is 11.8 Å². The van der Waals surface area contributed by atoms with Crippen molar-refractivity contribution in [3.63, 3.8) is 0 Å². The van der Waals surface area contributed by atoms with E-state index >= 15 is 0 Å². The Morgan fingerprint density at radius 1 is 1.28 bits per heavy atom. The van der Waals surface area contributed by atoms with E-state index in [9.17, 15) is 5.21 Å². The second-order valence-electron chi connectivity index (χ2n) is 5.95. The first-order chi connectivity index (χ1) is 8.28. The van der Waals surface area contributed by atoms with Gasteiger partial charge in [-0.15, -0.1) is 0 Å². The fourth-order valence-corrected chi connectivity index (χ4v) is 2.01. The van der Waals surface area contributed by atoms with Crippen LogP contribution >= 0.6 is 0 Å². The Balaban J connectivity index is 2.44. The van der Waals surface area contributed by atoms with E-state index in [1.807, 2.05) is 0 Å². The SMILES string of the molecule is C[C@@H](COc1ccc(N([O-])O)cc1)CC(C)(C)C. The highest BCUT2D eigenvalue weighted by atomic mass is 16.8. The number of ether oxygens (including phenoxy) is 1. The lowest BCUT2D eigenvalue weighted by Crippen LogP contribution is -2.16. The molecule has 1 N–H and O–H groups in total. The van der Waals surface area contributed by atoms with Crippen molar-refractivity contribution in [2.75, 3.05) is 11.8 Å². The lowest BCUT2D eigenvalue weighted by atomic mass is 9.86. The Kier molecular flexibility index (Phi) is 4.99. The molecule has 1 aromatic rings. The van der Waals surface area contributed by atoms with Crippen molar-refractivity contribution >= 4 is 5.69 Å². The highest BCUT2D eigenvalue weighted by molar-refractivity contribution is 5.47. The maximum atomic E-state index is 10.6. The molecule has 0 bridgehead atoms. The van der Waals surface area contributed by atoms with Crippen LogP contribution in [0.2, 0.25) is 0 Å². The predicted octanol–water partition coefficient (Wildman–Crippen LogP) is 3.83. The minimum atomic E-state index is -0.161. The first-order valence-corrected chi connectivity index (χ1v) is 6.17. The summed E-state index contributed by atoms with van der Waals surface area (Å²) in [5.74, 6) is 1.18. The molecule has 0 saturated carbocycles. The van der Waals surface area contributed by atoms with E-state index in [1.54, 1.807) is 12.1 Å². The molecule has 0 fully saturated rings. The topological polar surface area (TPSA) is 55.8 Å². The molecule has 1 aromatic carbocycles. The molecule has 0 aromatic heterocycles. The fourth-order valence-electron chi connectivity index (χ4n) is 2.01. The molecule has 0 aliphatic carbocycles. The molecule has 18 heavy (non-hydrogen) atoms. The van der Waals surface area contributed by atoms with Crippen LogP contribution in [0.1, 0.15) is 34.1 Å². The average molecular weight is 252 g/mol. The van der Waals surface area contributed by atoms with Gasteiger partial charge >= 0.3 is 0 Å². The highest BCUT2D eigenvalue weighted by Gasteiger charge is 2.15. The molecule has 0 radical (unpaired) electrons. The maximum absolute atomic E-state index is 10.6. The molecule has 102 valence electrons. The van der Waals surface area contributed by atoms with E-state index in [1.165, 1.54) is 12.1 Å². The van der Waals surface area contributed by atoms with Gasteiger partial charge < -0.3 is 15.2 Å². The van der Waals surface area contributed by atoms with Gasteiger partial charge in [-0.25, -0.2) is 0 Å². The van der Waals surface area contributed by atoms with Crippen LogP contribution in [0.5, 0.6) is 5.75 Å². The molecule has 1 atom stereocenters. The van der Waals surface area contributed by atoms with Crippen molar-refractivity contribution in [2.24, 2.45) is 11.3 Å². The Morgan fingerprint density at radius 2 is 1.83 bits per heavy atom. The summed E-state index contributed by atoms with van der Waals surface area (Å²) in [7, 11) is 0. The van der Waals surface area contributed by atoms with Crippen molar-refractivity contribution in [1.29, 1.82) is 0 Å². The molecule has 0 aliphatic heterocycles. The number of hydrogen-bond acceptors (Lipinski definition) is 4. The number of hydrogen-bond donors (Lipinski definition) is 1. The van der Waals surface area contributed by atoms with Gasteiger partial charge in [0.25, 0.3) is 0 Å². The zero-order chi connectivity index (χ0) is 13.8. The highest BCUT2D eigenvalue weighted by Crippen LogP contribution is 2.25. The minimum absolute atomic E-state index is 0.161. The monoisotopic (exact) mass is 252 g/mol. The zero-order valence-corrected chi connectivity index (χ0v) is 11.5. The molecule has 0 aliphatic rings. The molecule has 0 unspecified atom stereocenters. The second kappa shape index (κ2) is 6.07. The van der Waals surface area contributed by atoms with Crippen LogP contribution in [0.15, 0.2) is 24.3 Å². The van der Waals surface area contributed by atoms with E-state index in [0.29, 0.717) is 23.7 Å². The van der Waals surface area contributed by atoms with Gasteiger partial charge in [0.15, 0.2) is 0 Å². The Morgan fingerprint density at radius 3 is 2.28 bits per heavy atom. The van der Waals surface area contributed by atoms with Crippen LogP contribution in [-0.2, 0) is 0 Å². The summed E-state index contributed by atoms with van der Waals surface area (Å²) in [4.78, 5) is 0. The van der Waals surface area contributed by atoms with Gasteiger partial charge in [0, 0.05) is 0 Å². The third kappa shape index (κ3) is 5.38. The minimum Gasteiger partial charge on any atom is -0.733 e. The third-order valence-electron chi connectivity index (χ3n) is 2.55. The summed E-state index contributed by atoms with van der Waals surface area (Å²) in [6, 6.07) is 6.41. The van der Waals surface area contributed by atoms with E-state index in [0.717, 1.165) is 6.42 Å². The molecule has 4 nitrogen and oxygen atoms in total. The van der Waals surface area contributed by atoms with Gasteiger partial charge in [-0.1, -0.05) is 27.7 Å². The second-order valence-corrected chi connectivity index (χ2v) is 5.95. The summed E-state index contributed by atoms with van der Waals surface area (Å²) in [5.41, 5.74) is 0.497. The van der Waals surface area contributed by atoms with Gasteiger partial charge in [-0.3, -0.25) is 5.21 Å². The van der Waals surface area contributed by atoms with Crippen LogP contribution in [0.3, 0.4) is 0 Å². The lowest BCUT2D eigenvalue weighted by Gasteiger charge is -2.24. The van der Waals surface area contributed by atoms with Crippen LogP contribution in [0, 0.1) is 16.5 Å². The van der Waals surface area contributed by atoms with Gasteiger partial charge in [0.05, 0.1) is 12.3 Å². The van der Waals surface area contributed by atoms with Gasteiger partial charge in [-0.05, 0) is 42.0 Å². The summed E-state index contributed by atoms with van der Waals surface area (Å²) >= 11 is 0. The number of rotatable bonds is 5. The van der Waals surface area contributed by atoms with Gasteiger partial charge in [0.2, 0.25) is 0 Å². The van der Waals surface area contributed by atoms with Gasteiger partial charge in [0.1, 0.15) is 5.75 Å². The summed E-state index contributed by atoms with van der Waals surface area (Å²) in [5, 5.41) is 19.1. The smallest absolute Gasteiger partial charge is 0.119 e. The Labute approximate surface area is 109 Å². The number of nitrogens with zero attached hydrogens (tertiary/aromatic N) is 1. The number of anilines is 1. The molecular weight excluding hydrogens is 230 g/mol. The maximum Gasteiger partial charge on any atom is 0.119 e. The van der Waals surface area contributed by atoms with Crippen molar-refractivity contribution in [1.82, 2.24) is 0 Å². The lowest BCUT2D eigenvalue weighted by molar-refractivity contribution is 0.207. The summed E-state index contributed by atoms with van der Waals surface area (Å²) in [6.45, 7) is 9.44. The molecule has 4 heteroatoms. The molecule has 0 amide bonds. The van der Waals surface area contributed by atoms with E-state index in [-0.39, 0.29) is 10.9 Å². The molecule has 0 saturated heterocycles.